The summed E-state index contributed by atoms with van der Waals surface area (Å²) in [7, 11) is 0. The van der Waals surface area contributed by atoms with E-state index in [1.807, 2.05) is 30.3 Å². The molecule has 0 spiro atoms. The maximum absolute atomic E-state index is 11.9. The lowest BCUT2D eigenvalue weighted by Gasteiger charge is -2.14. The van der Waals surface area contributed by atoms with Crippen molar-refractivity contribution in [3.8, 4) is 22.3 Å². The second-order valence-corrected chi connectivity index (χ2v) is 6.55. The van der Waals surface area contributed by atoms with Crippen molar-refractivity contribution in [2.75, 3.05) is 11.1 Å². The highest BCUT2D eigenvalue weighted by Crippen LogP contribution is 2.35. The molecule has 27 heavy (non-hydrogen) atoms. The van der Waals surface area contributed by atoms with Gasteiger partial charge in [-0.3, -0.25) is 9.59 Å². The molecule has 0 saturated heterocycles. The molecule has 0 aromatic heterocycles. The highest BCUT2D eigenvalue weighted by molar-refractivity contribution is 6.30. The summed E-state index contributed by atoms with van der Waals surface area (Å²) in [5.74, 6) is -0.748. The summed E-state index contributed by atoms with van der Waals surface area (Å²) < 4.78 is 0. The first-order valence-corrected chi connectivity index (χ1v) is 8.60. The lowest BCUT2D eigenvalue weighted by Crippen LogP contribution is -2.14. The molecule has 3 aromatic carbocycles. The number of hydrogen-bond acceptors (Lipinski definition) is 3. The number of carbonyl (C=O) groups excluding carboxylic acids is 2. The van der Waals surface area contributed by atoms with Gasteiger partial charge in [0.15, 0.2) is 0 Å². The molecule has 0 aliphatic heterocycles. The topological polar surface area (TPSA) is 98.2 Å². The van der Waals surface area contributed by atoms with Gasteiger partial charge in [-0.05, 0) is 53.1 Å². The Kier molecular flexibility index (Phi) is 5.14. The molecule has 136 valence electrons. The number of primary amides is 1. The molecule has 0 saturated carbocycles. The molecule has 3 rings (SSSR count). The van der Waals surface area contributed by atoms with Gasteiger partial charge in [0.2, 0.25) is 5.91 Å². The fraction of sp³-hybridized carbons (Fsp3) is 0.0476. The highest BCUT2D eigenvalue weighted by atomic mass is 35.5. The van der Waals surface area contributed by atoms with E-state index in [1.165, 1.54) is 6.92 Å². The summed E-state index contributed by atoms with van der Waals surface area (Å²) in [6, 6.07) is 18.1. The van der Waals surface area contributed by atoms with Crippen molar-refractivity contribution in [3.05, 3.63) is 71.2 Å². The smallest absolute Gasteiger partial charge is 0.250 e. The first-order chi connectivity index (χ1) is 12.8. The van der Waals surface area contributed by atoms with E-state index in [1.54, 1.807) is 30.3 Å². The predicted octanol–water partition coefficient (Wildman–Crippen LogP) is 4.31. The molecular weight excluding hydrogens is 362 g/mol. The van der Waals surface area contributed by atoms with Crippen molar-refractivity contribution >= 4 is 34.8 Å². The first kappa shape index (κ1) is 18.5. The zero-order chi connectivity index (χ0) is 19.6. The van der Waals surface area contributed by atoms with Gasteiger partial charge in [0, 0.05) is 23.2 Å². The van der Waals surface area contributed by atoms with Crippen LogP contribution in [-0.4, -0.2) is 11.8 Å². The van der Waals surface area contributed by atoms with Gasteiger partial charge in [-0.1, -0.05) is 35.9 Å². The third-order valence-electron chi connectivity index (χ3n) is 4.14. The molecule has 2 amide bonds. The Labute approximate surface area is 161 Å². The number of rotatable bonds is 4. The van der Waals surface area contributed by atoms with Gasteiger partial charge >= 0.3 is 0 Å². The summed E-state index contributed by atoms with van der Waals surface area (Å²) in [6.45, 7) is 1.45. The predicted molar refractivity (Wildman–Crippen MR) is 110 cm³/mol. The Bertz CT molecular complexity index is 1010. The SMILES string of the molecule is CC(=O)Nc1ccc(-c2cc(-c3ccc(Cl)cc3)cc(C(N)=O)c2N)cc1. The molecule has 0 unspecified atom stereocenters. The van der Waals surface area contributed by atoms with E-state index >= 15 is 0 Å². The molecular formula is C21H18ClN3O2. The fourth-order valence-corrected chi connectivity index (χ4v) is 2.97. The van der Waals surface area contributed by atoms with E-state index in [0.29, 0.717) is 22.0 Å². The van der Waals surface area contributed by atoms with Gasteiger partial charge < -0.3 is 16.8 Å². The van der Waals surface area contributed by atoms with E-state index in [-0.39, 0.29) is 11.5 Å². The van der Waals surface area contributed by atoms with Crippen LogP contribution in [0.4, 0.5) is 11.4 Å². The Morgan fingerprint density at radius 1 is 0.889 bits per heavy atom. The van der Waals surface area contributed by atoms with Crippen LogP contribution in [0.3, 0.4) is 0 Å². The second-order valence-electron chi connectivity index (χ2n) is 6.11. The summed E-state index contributed by atoms with van der Waals surface area (Å²) in [6.07, 6.45) is 0. The third-order valence-corrected chi connectivity index (χ3v) is 4.39. The van der Waals surface area contributed by atoms with Crippen LogP contribution < -0.4 is 16.8 Å². The standard InChI is InChI=1S/C21H18ClN3O2/c1-12(26)25-17-8-4-14(5-9-17)18-10-15(11-19(20(18)23)21(24)27)13-2-6-16(22)7-3-13/h2-11H,23H2,1H3,(H2,24,27)(H,25,26). The molecule has 6 heteroatoms. The number of amides is 2. The maximum atomic E-state index is 11.9. The average molecular weight is 380 g/mol. The van der Waals surface area contributed by atoms with Gasteiger partial charge in [-0.15, -0.1) is 0 Å². The summed E-state index contributed by atoms with van der Waals surface area (Å²) in [5, 5.41) is 3.34. The normalized spacial score (nSPS) is 10.4. The number of nitrogen functional groups attached to an aromatic ring is 1. The van der Waals surface area contributed by atoms with Crippen LogP contribution in [0.1, 0.15) is 17.3 Å². The Balaban J connectivity index is 2.12. The largest absolute Gasteiger partial charge is 0.398 e. The van der Waals surface area contributed by atoms with E-state index in [9.17, 15) is 9.59 Å². The van der Waals surface area contributed by atoms with Crippen LogP contribution in [0, 0.1) is 0 Å². The number of halogens is 1. The minimum Gasteiger partial charge on any atom is -0.398 e. The molecule has 0 radical (unpaired) electrons. The van der Waals surface area contributed by atoms with Gasteiger partial charge in [0.25, 0.3) is 5.91 Å². The molecule has 0 fully saturated rings. The molecule has 0 aliphatic carbocycles. The van der Waals surface area contributed by atoms with E-state index in [2.05, 4.69) is 5.32 Å². The van der Waals surface area contributed by atoms with Crippen LogP contribution >= 0.6 is 11.6 Å². The first-order valence-electron chi connectivity index (χ1n) is 8.22. The van der Waals surface area contributed by atoms with Crippen molar-refractivity contribution in [1.29, 1.82) is 0 Å². The van der Waals surface area contributed by atoms with Crippen molar-refractivity contribution in [2.24, 2.45) is 5.73 Å². The molecule has 5 N–H and O–H groups in total. The van der Waals surface area contributed by atoms with Gasteiger partial charge in [-0.25, -0.2) is 0 Å². The van der Waals surface area contributed by atoms with Gasteiger partial charge in [-0.2, -0.15) is 0 Å². The third kappa shape index (κ3) is 4.10. The van der Waals surface area contributed by atoms with Crippen LogP contribution in [0.15, 0.2) is 60.7 Å². The molecule has 0 atom stereocenters. The van der Waals surface area contributed by atoms with Crippen LogP contribution in [0.2, 0.25) is 5.02 Å². The lowest BCUT2D eigenvalue weighted by molar-refractivity contribution is -0.114. The van der Waals surface area contributed by atoms with E-state index < -0.39 is 5.91 Å². The summed E-state index contributed by atoms with van der Waals surface area (Å²) in [4.78, 5) is 23.1. The minimum absolute atomic E-state index is 0.150. The van der Waals surface area contributed by atoms with E-state index in [0.717, 1.165) is 16.7 Å². The Morgan fingerprint density at radius 3 is 2.04 bits per heavy atom. The highest BCUT2D eigenvalue weighted by Gasteiger charge is 2.15. The van der Waals surface area contributed by atoms with Crippen LogP contribution in [-0.2, 0) is 4.79 Å². The number of hydrogen-bond donors (Lipinski definition) is 3. The minimum atomic E-state index is -0.598. The lowest BCUT2D eigenvalue weighted by atomic mass is 9.93. The Hall–Kier alpha value is -3.31. The zero-order valence-electron chi connectivity index (χ0n) is 14.6. The van der Waals surface area contributed by atoms with Crippen molar-refractivity contribution in [1.82, 2.24) is 0 Å². The molecule has 0 heterocycles. The van der Waals surface area contributed by atoms with Crippen molar-refractivity contribution < 1.29 is 9.59 Å². The molecule has 0 bridgehead atoms. The Morgan fingerprint density at radius 2 is 1.48 bits per heavy atom. The second kappa shape index (κ2) is 7.51. The number of nitrogens with two attached hydrogens (primary N) is 2. The van der Waals surface area contributed by atoms with E-state index in [4.69, 9.17) is 23.1 Å². The number of benzene rings is 3. The van der Waals surface area contributed by atoms with Gasteiger partial charge in [0.05, 0.1) is 11.3 Å². The van der Waals surface area contributed by atoms with Gasteiger partial charge in [0.1, 0.15) is 0 Å². The molecule has 5 nitrogen and oxygen atoms in total. The average Bonchev–Trinajstić information content (AvgIpc) is 2.63. The zero-order valence-corrected chi connectivity index (χ0v) is 15.4. The molecule has 3 aromatic rings. The number of nitrogens with one attached hydrogen (secondary N) is 1. The van der Waals surface area contributed by atoms with Crippen molar-refractivity contribution in [3.63, 3.8) is 0 Å². The number of anilines is 2. The maximum Gasteiger partial charge on any atom is 0.250 e. The molecule has 0 aliphatic rings. The number of carbonyl (C=O) groups is 2. The summed E-state index contributed by atoms with van der Waals surface area (Å²) >= 11 is 5.96. The quantitative estimate of drug-likeness (QED) is 0.589. The summed E-state index contributed by atoms with van der Waals surface area (Å²) in [5.41, 5.74) is 16.2. The van der Waals surface area contributed by atoms with Crippen molar-refractivity contribution in [2.45, 2.75) is 6.92 Å². The fourth-order valence-electron chi connectivity index (χ4n) is 2.84. The van der Waals surface area contributed by atoms with Crippen LogP contribution in [0.25, 0.3) is 22.3 Å². The monoisotopic (exact) mass is 379 g/mol. The van der Waals surface area contributed by atoms with Crippen LogP contribution in [0.5, 0.6) is 0 Å².